The fraction of sp³-hybridized carbons (Fsp3) is 0.310. The number of hydrogen-bond donors (Lipinski definition) is 3. The van der Waals surface area contributed by atoms with E-state index in [1.54, 1.807) is 18.5 Å². The molecular formula is C29H31ClN4O2. The number of nitrogens with zero attached hydrogens (tertiary/aromatic N) is 2. The minimum Gasteiger partial charge on any atom is -0.508 e. The predicted molar refractivity (Wildman–Crippen MR) is 146 cm³/mol. The minimum absolute atomic E-state index is 0.0127. The van der Waals surface area contributed by atoms with Crippen molar-refractivity contribution in [3.63, 3.8) is 0 Å². The number of aryl methyl sites for hydroxylation is 2. The van der Waals surface area contributed by atoms with Crippen molar-refractivity contribution >= 4 is 35.2 Å². The van der Waals surface area contributed by atoms with Crippen LogP contribution in [0.4, 0.5) is 11.4 Å². The van der Waals surface area contributed by atoms with E-state index in [-0.39, 0.29) is 23.7 Å². The standard InChI is InChI=1S/C29H31ClN4O2/c1-17-10-21(30)14-22(11-17)34-16-32-27-12-18(2)24(20-6-4-7-23(35)13-20)15-25(27)28(34)29(36)33-19(3)26-8-5-9-31-26/h4,6-7,10-16,19,26,28,31,35H,5,8-9H2,1-3H3,(H,33,36). The fourth-order valence-electron chi connectivity index (χ4n) is 5.26. The first-order valence-electron chi connectivity index (χ1n) is 12.4. The molecule has 6 nitrogen and oxygen atoms in total. The van der Waals surface area contributed by atoms with Gasteiger partial charge < -0.3 is 20.6 Å². The SMILES string of the molecule is Cc1cc(Cl)cc(N2C=Nc3cc(C)c(-c4cccc(O)c4)cc3C2C(=O)NC(C)C2CCCN2)c1. The lowest BCUT2D eigenvalue weighted by Crippen LogP contribution is -2.50. The number of carbonyl (C=O) groups excluding carboxylic acids is 1. The Balaban J connectivity index is 1.60. The van der Waals surface area contributed by atoms with E-state index >= 15 is 0 Å². The Morgan fingerprint density at radius 1 is 1.19 bits per heavy atom. The Morgan fingerprint density at radius 3 is 2.75 bits per heavy atom. The van der Waals surface area contributed by atoms with Crippen molar-refractivity contribution in [2.75, 3.05) is 11.4 Å². The maximum atomic E-state index is 14.0. The number of benzene rings is 3. The van der Waals surface area contributed by atoms with Gasteiger partial charge in [0, 0.05) is 28.4 Å². The second-order valence-corrected chi connectivity index (χ2v) is 10.3. The van der Waals surface area contributed by atoms with Crippen LogP contribution in [-0.2, 0) is 4.79 Å². The number of hydrogen-bond acceptors (Lipinski definition) is 5. The average Bonchev–Trinajstić information content (AvgIpc) is 3.37. The van der Waals surface area contributed by atoms with Gasteiger partial charge in [-0.05, 0) is 105 Å². The molecule has 0 radical (unpaired) electrons. The van der Waals surface area contributed by atoms with Gasteiger partial charge in [0.15, 0.2) is 0 Å². The molecule has 1 amide bonds. The van der Waals surface area contributed by atoms with E-state index in [2.05, 4.69) is 17.6 Å². The molecule has 2 heterocycles. The molecule has 0 spiro atoms. The Morgan fingerprint density at radius 2 is 2.03 bits per heavy atom. The molecule has 0 bridgehead atoms. The van der Waals surface area contributed by atoms with Gasteiger partial charge in [0.2, 0.25) is 5.91 Å². The van der Waals surface area contributed by atoms with Gasteiger partial charge in [-0.3, -0.25) is 4.79 Å². The molecule has 3 atom stereocenters. The van der Waals surface area contributed by atoms with Crippen LogP contribution in [0.15, 0.2) is 59.6 Å². The molecule has 3 aromatic carbocycles. The molecule has 1 saturated heterocycles. The lowest BCUT2D eigenvalue weighted by Gasteiger charge is -2.35. The zero-order chi connectivity index (χ0) is 25.4. The van der Waals surface area contributed by atoms with Crippen LogP contribution in [0, 0.1) is 13.8 Å². The molecular weight excluding hydrogens is 472 g/mol. The number of amides is 1. The third kappa shape index (κ3) is 4.84. The number of carbonyl (C=O) groups is 1. The van der Waals surface area contributed by atoms with Gasteiger partial charge in [-0.25, -0.2) is 4.99 Å². The molecule has 1 fully saturated rings. The van der Waals surface area contributed by atoms with Gasteiger partial charge in [-0.15, -0.1) is 0 Å². The number of phenols is 1. The monoisotopic (exact) mass is 502 g/mol. The third-order valence-corrected chi connectivity index (χ3v) is 7.29. The Labute approximate surface area is 217 Å². The number of phenolic OH excluding ortho intramolecular Hbond substituents is 1. The Bertz CT molecular complexity index is 1310. The van der Waals surface area contributed by atoms with Crippen LogP contribution in [0.2, 0.25) is 5.02 Å². The van der Waals surface area contributed by atoms with Crippen LogP contribution in [-0.4, -0.2) is 36.0 Å². The Hall–Kier alpha value is -3.35. The lowest BCUT2D eigenvalue weighted by molar-refractivity contribution is -0.123. The summed E-state index contributed by atoms with van der Waals surface area (Å²) in [5.41, 5.74) is 6.24. The summed E-state index contributed by atoms with van der Waals surface area (Å²) in [6, 6.07) is 16.6. The topological polar surface area (TPSA) is 77.0 Å². The lowest BCUT2D eigenvalue weighted by atomic mass is 9.91. The van der Waals surface area contributed by atoms with Crippen LogP contribution in [0.25, 0.3) is 11.1 Å². The molecule has 0 aromatic heterocycles. The Kier molecular flexibility index (Phi) is 6.73. The summed E-state index contributed by atoms with van der Waals surface area (Å²) < 4.78 is 0. The smallest absolute Gasteiger partial charge is 0.248 e. The maximum absolute atomic E-state index is 14.0. The molecule has 3 aromatic rings. The normalized spacial score (nSPS) is 19.7. The largest absolute Gasteiger partial charge is 0.508 e. The van der Waals surface area contributed by atoms with E-state index in [0.29, 0.717) is 5.02 Å². The number of halogens is 1. The van der Waals surface area contributed by atoms with Gasteiger partial charge in [-0.1, -0.05) is 23.7 Å². The van der Waals surface area contributed by atoms with E-state index < -0.39 is 6.04 Å². The van der Waals surface area contributed by atoms with E-state index in [0.717, 1.165) is 58.6 Å². The van der Waals surface area contributed by atoms with Gasteiger partial charge in [0.25, 0.3) is 0 Å². The predicted octanol–water partition coefficient (Wildman–Crippen LogP) is 5.81. The highest BCUT2D eigenvalue weighted by molar-refractivity contribution is 6.31. The van der Waals surface area contributed by atoms with Crippen LogP contribution in [0.5, 0.6) is 5.75 Å². The zero-order valence-electron chi connectivity index (χ0n) is 20.8. The molecule has 0 aliphatic carbocycles. The minimum atomic E-state index is -0.629. The number of rotatable bonds is 5. The van der Waals surface area contributed by atoms with Crippen LogP contribution in [0.3, 0.4) is 0 Å². The second-order valence-electron chi connectivity index (χ2n) is 9.82. The van der Waals surface area contributed by atoms with E-state index in [1.807, 2.05) is 61.2 Å². The summed E-state index contributed by atoms with van der Waals surface area (Å²) in [5.74, 6) is 0.109. The summed E-state index contributed by atoms with van der Waals surface area (Å²) in [4.78, 5) is 20.6. The summed E-state index contributed by atoms with van der Waals surface area (Å²) >= 11 is 6.40. The quantitative estimate of drug-likeness (QED) is 0.411. The van der Waals surface area contributed by atoms with Crippen molar-refractivity contribution < 1.29 is 9.90 Å². The average molecular weight is 503 g/mol. The van der Waals surface area contributed by atoms with Crippen molar-refractivity contribution in [1.82, 2.24) is 10.6 Å². The van der Waals surface area contributed by atoms with Crippen molar-refractivity contribution in [3.8, 4) is 16.9 Å². The van der Waals surface area contributed by atoms with E-state index in [4.69, 9.17) is 16.6 Å². The van der Waals surface area contributed by atoms with Gasteiger partial charge in [-0.2, -0.15) is 0 Å². The van der Waals surface area contributed by atoms with Crippen LogP contribution >= 0.6 is 11.6 Å². The van der Waals surface area contributed by atoms with Gasteiger partial charge in [0.05, 0.1) is 12.0 Å². The molecule has 5 rings (SSSR count). The summed E-state index contributed by atoms with van der Waals surface area (Å²) in [5, 5.41) is 17.4. The van der Waals surface area contributed by atoms with Crippen molar-refractivity contribution in [2.45, 2.75) is 51.7 Å². The molecule has 36 heavy (non-hydrogen) atoms. The van der Waals surface area contributed by atoms with Gasteiger partial charge in [0.1, 0.15) is 11.8 Å². The van der Waals surface area contributed by atoms with Crippen molar-refractivity contribution in [1.29, 1.82) is 0 Å². The van der Waals surface area contributed by atoms with E-state index in [1.165, 1.54) is 0 Å². The fourth-order valence-corrected chi connectivity index (χ4v) is 5.54. The molecule has 7 heteroatoms. The highest BCUT2D eigenvalue weighted by atomic mass is 35.5. The molecule has 2 aliphatic heterocycles. The number of nitrogens with one attached hydrogen (secondary N) is 2. The highest BCUT2D eigenvalue weighted by Gasteiger charge is 2.35. The van der Waals surface area contributed by atoms with Crippen molar-refractivity contribution in [2.24, 2.45) is 4.99 Å². The molecule has 0 saturated carbocycles. The maximum Gasteiger partial charge on any atom is 0.248 e. The molecule has 3 N–H and O–H groups in total. The first-order chi connectivity index (χ1) is 17.3. The van der Waals surface area contributed by atoms with Crippen LogP contribution in [0.1, 0.15) is 42.5 Å². The first kappa shape index (κ1) is 24.3. The van der Waals surface area contributed by atoms with Crippen LogP contribution < -0.4 is 15.5 Å². The highest BCUT2D eigenvalue weighted by Crippen LogP contribution is 2.41. The third-order valence-electron chi connectivity index (χ3n) is 7.07. The molecule has 186 valence electrons. The number of aliphatic imine (C=N–C) groups is 1. The second kappa shape index (κ2) is 9.96. The number of anilines is 1. The summed E-state index contributed by atoms with van der Waals surface area (Å²) in [6.07, 6.45) is 3.89. The molecule has 3 unspecified atom stereocenters. The molecule has 2 aliphatic rings. The van der Waals surface area contributed by atoms with Gasteiger partial charge >= 0.3 is 0 Å². The summed E-state index contributed by atoms with van der Waals surface area (Å²) in [6.45, 7) is 7.03. The van der Waals surface area contributed by atoms with E-state index in [9.17, 15) is 9.90 Å². The summed E-state index contributed by atoms with van der Waals surface area (Å²) in [7, 11) is 0. The number of aromatic hydroxyl groups is 1. The zero-order valence-corrected chi connectivity index (χ0v) is 21.5. The van der Waals surface area contributed by atoms with Crippen molar-refractivity contribution in [3.05, 3.63) is 76.3 Å². The number of fused-ring (bicyclic) bond motifs is 1. The first-order valence-corrected chi connectivity index (χ1v) is 12.8.